The van der Waals surface area contributed by atoms with Crippen LogP contribution in [0.2, 0.25) is 0 Å². The average molecular weight is 214 g/mol. The summed E-state index contributed by atoms with van der Waals surface area (Å²) in [4.78, 5) is 0. The van der Waals surface area contributed by atoms with E-state index in [0.717, 1.165) is 36.3 Å². The summed E-state index contributed by atoms with van der Waals surface area (Å²) in [5.74, 6) is 3.98. The van der Waals surface area contributed by atoms with Crippen LogP contribution in [-0.4, -0.2) is 23.2 Å². The topological polar surface area (TPSA) is 20.2 Å². The Balaban J connectivity index is 1.70. The van der Waals surface area contributed by atoms with Crippen LogP contribution >= 0.6 is 11.8 Å². The van der Waals surface area contributed by atoms with Crippen molar-refractivity contribution in [3.63, 3.8) is 0 Å². The fourth-order valence-electron chi connectivity index (χ4n) is 3.39. The lowest BCUT2D eigenvalue weighted by Crippen LogP contribution is -2.19. The van der Waals surface area contributed by atoms with Gasteiger partial charge in [0.15, 0.2) is 0 Å². The molecule has 2 rings (SSSR count). The predicted molar refractivity (Wildman–Crippen MR) is 62.6 cm³/mol. The van der Waals surface area contributed by atoms with Crippen molar-refractivity contribution in [3.05, 3.63) is 0 Å². The second kappa shape index (κ2) is 4.89. The number of rotatable bonds is 5. The second-order valence-electron chi connectivity index (χ2n) is 5.11. The summed E-state index contributed by atoms with van der Waals surface area (Å²) in [6.45, 7) is 0. The highest BCUT2D eigenvalue weighted by molar-refractivity contribution is 7.98. The molecule has 0 radical (unpaired) electrons. The van der Waals surface area contributed by atoms with Crippen LogP contribution in [0.5, 0.6) is 0 Å². The van der Waals surface area contributed by atoms with Gasteiger partial charge in [-0.05, 0) is 61.9 Å². The molecule has 0 spiro atoms. The van der Waals surface area contributed by atoms with E-state index >= 15 is 0 Å². The van der Waals surface area contributed by atoms with Gasteiger partial charge in [0.05, 0.1) is 6.10 Å². The molecule has 2 bridgehead atoms. The molecular weight excluding hydrogens is 192 g/mol. The quantitative estimate of drug-likeness (QED) is 0.759. The second-order valence-corrected chi connectivity index (χ2v) is 6.09. The van der Waals surface area contributed by atoms with E-state index in [1.54, 1.807) is 0 Å². The van der Waals surface area contributed by atoms with Crippen LogP contribution in [0.3, 0.4) is 0 Å². The van der Waals surface area contributed by atoms with E-state index in [1.165, 1.54) is 25.7 Å². The molecule has 2 aliphatic carbocycles. The zero-order chi connectivity index (χ0) is 9.97. The summed E-state index contributed by atoms with van der Waals surface area (Å²) < 4.78 is 0. The lowest BCUT2D eigenvalue weighted by Gasteiger charge is -2.23. The first-order valence-electron chi connectivity index (χ1n) is 5.96. The molecule has 2 aliphatic rings. The molecule has 2 heteroatoms. The molecule has 4 unspecified atom stereocenters. The number of hydrogen-bond donors (Lipinski definition) is 1. The smallest absolute Gasteiger partial charge is 0.0550 e. The maximum absolute atomic E-state index is 9.86. The van der Waals surface area contributed by atoms with Gasteiger partial charge in [0.25, 0.3) is 0 Å². The van der Waals surface area contributed by atoms with Crippen molar-refractivity contribution in [2.75, 3.05) is 12.0 Å². The van der Waals surface area contributed by atoms with E-state index in [1.807, 2.05) is 11.8 Å². The maximum Gasteiger partial charge on any atom is 0.0550 e. The third-order valence-electron chi connectivity index (χ3n) is 4.11. The van der Waals surface area contributed by atoms with Crippen LogP contribution in [0.4, 0.5) is 0 Å². The fourth-order valence-corrected chi connectivity index (χ4v) is 3.89. The van der Waals surface area contributed by atoms with Crippen molar-refractivity contribution in [2.45, 2.75) is 44.6 Å². The van der Waals surface area contributed by atoms with Crippen molar-refractivity contribution in [1.29, 1.82) is 0 Å². The molecule has 82 valence electrons. The Labute approximate surface area is 91.7 Å². The molecule has 0 heterocycles. The summed E-state index contributed by atoms with van der Waals surface area (Å²) in [6, 6.07) is 0. The molecule has 1 N–H and O–H groups in total. The summed E-state index contributed by atoms with van der Waals surface area (Å²) in [7, 11) is 0. The monoisotopic (exact) mass is 214 g/mol. The molecule has 0 aromatic heterocycles. The van der Waals surface area contributed by atoms with Gasteiger partial charge in [-0.15, -0.1) is 0 Å². The van der Waals surface area contributed by atoms with Gasteiger partial charge in [-0.2, -0.15) is 11.8 Å². The molecule has 4 atom stereocenters. The Hall–Kier alpha value is 0.310. The van der Waals surface area contributed by atoms with E-state index in [9.17, 15) is 5.11 Å². The maximum atomic E-state index is 9.86. The minimum atomic E-state index is -0.0215. The van der Waals surface area contributed by atoms with Crippen molar-refractivity contribution in [2.24, 2.45) is 17.8 Å². The molecule has 2 saturated carbocycles. The number of hydrogen-bond acceptors (Lipinski definition) is 2. The molecule has 0 aliphatic heterocycles. The Morgan fingerprint density at radius 2 is 2.21 bits per heavy atom. The third kappa shape index (κ3) is 2.46. The zero-order valence-electron chi connectivity index (χ0n) is 9.11. The van der Waals surface area contributed by atoms with Gasteiger partial charge in [0.1, 0.15) is 0 Å². The summed E-state index contributed by atoms with van der Waals surface area (Å²) in [5, 5.41) is 9.86. The van der Waals surface area contributed by atoms with Gasteiger partial charge in [-0.25, -0.2) is 0 Å². The molecule has 1 nitrogen and oxygen atoms in total. The summed E-state index contributed by atoms with van der Waals surface area (Å²) in [5.41, 5.74) is 0. The first-order valence-corrected chi connectivity index (χ1v) is 7.36. The van der Waals surface area contributed by atoms with Crippen LogP contribution in [0.15, 0.2) is 0 Å². The first-order chi connectivity index (χ1) is 6.79. The molecule has 14 heavy (non-hydrogen) atoms. The van der Waals surface area contributed by atoms with E-state index in [0.29, 0.717) is 0 Å². The third-order valence-corrected chi connectivity index (χ3v) is 4.76. The van der Waals surface area contributed by atoms with Gasteiger partial charge in [0.2, 0.25) is 0 Å². The van der Waals surface area contributed by atoms with E-state index in [4.69, 9.17) is 0 Å². The lowest BCUT2D eigenvalue weighted by molar-refractivity contribution is 0.122. The Kier molecular flexibility index (Phi) is 3.78. The van der Waals surface area contributed by atoms with E-state index in [-0.39, 0.29) is 6.10 Å². The summed E-state index contributed by atoms with van der Waals surface area (Å²) >= 11 is 1.84. The van der Waals surface area contributed by atoms with Gasteiger partial charge >= 0.3 is 0 Å². The molecule has 0 aromatic rings. The highest BCUT2D eigenvalue weighted by Crippen LogP contribution is 2.49. The number of aliphatic hydroxyl groups excluding tert-OH is 1. The summed E-state index contributed by atoms with van der Waals surface area (Å²) in [6.07, 6.45) is 9.99. The first kappa shape index (κ1) is 10.8. The average Bonchev–Trinajstić information content (AvgIpc) is 2.76. The standard InChI is InChI=1S/C12H22OS/c1-14-5-4-12(13)8-11-7-9-2-3-10(11)6-9/h9-13H,2-8H2,1H3. The van der Waals surface area contributed by atoms with Crippen LogP contribution < -0.4 is 0 Å². The Bertz CT molecular complexity index is 183. The van der Waals surface area contributed by atoms with Crippen LogP contribution in [0, 0.1) is 17.8 Å². The van der Waals surface area contributed by atoms with Crippen molar-refractivity contribution in [3.8, 4) is 0 Å². The van der Waals surface area contributed by atoms with Crippen LogP contribution in [-0.2, 0) is 0 Å². The molecule has 0 amide bonds. The van der Waals surface area contributed by atoms with Gasteiger partial charge < -0.3 is 5.11 Å². The number of aliphatic hydroxyl groups is 1. The van der Waals surface area contributed by atoms with E-state index < -0.39 is 0 Å². The largest absolute Gasteiger partial charge is 0.393 e. The molecule has 0 saturated heterocycles. The Morgan fingerprint density at radius 3 is 2.79 bits per heavy atom. The molecular formula is C12H22OS. The van der Waals surface area contributed by atoms with Crippen molar-refractivity contribution in [1.82, 2.24) is 0 Å². The van der Waals surface area contributed by atoms with Crippen LogP contribution in [0.1, 0.15) is 38.5 Å². The van der Waals surface area contributed by atoms with Crippen LogP contribution in [0.25, 0.3) is 0 Å². The number of fused-ring (bicyclic) bond motifs is 2. The lowest BCUT2D eigenvalue weighted by atomic mass is 9.84. The fraction of sp³-hybridized carbons (Fsp3) is 1.00. The molecule has 0 aromatic carbocycles. The van der Waals surface area contributed by atoms with Gasteiger partial charge in [0, 0.05) is 0 Å². The normalized spacial score (nSPS) is 37.7. The minimum absolute atomic E-state index is 0.0215. The van der Waals surface area contributed by atoms with Gasteiger partial charge in [-0.1, -0.05) is 6.42 Å². The van der Waals surface area contributed by atoms with E-state index in [2.05, 4.69) is 6.26 Å². The minimum Gasteiger partial charge on any atom is -0.393 e. The highest BCUT2D eigenvalue weighted by Gasteiger charge is 2.39. The number of thioether (sulfide) groups is 1. The predicted octanol–water partition coefficient (Wildman–Crippen LogP) is 2.93. The SMILES string of the molecule is CSCCC(O)CC1CC2CCC1C2. The Morgan fingerprint density at radius 1 is 1.36 bits per heavy atom. The van der Waals surface area contributed by atoms with Crippen molar-refractivity contribution < 1.29 is 5.11 Å². The zero-order valence-corrected chi connectivity index (χ0v) is 9.93. The highest BCUT2D eigenvalue weighted by atomic mass is 32.2. The van der Waals surface area contributed by atoms with Gasteiger partial charge in [-0.3, -0.25) is 0 Å². The van der Waals surface area contributed by atoms with Crippen molar-refractivity contribution >= 4 is 11.8 Å². The molecule has 2 fully saturated rings.